The van der Waals surface area contributed by atoms with Crippen LogP contribution in [0.3, 0.4) is 0 Å². The first-order chi connectivity index (χ1) is 11.1. The lowest BCUT2D eigenvalue weighted by Crippen LogP contribution is -2.05. The third kappa shape index (κ3) is 3.32. The zero-order valence-electron chi connectivity index (χ0n) is 13.1. The molecule has 1 atom stereocenters. The van der Waals surface area contributed by atoms with Crippen LogP contribution in [0.1, 0.15) is 24.6 Å². The fourth-order valence-electron chi connectivity index (χ4n) is 2.61. The topological polar surface area (TPSA) is 47.8 Å². The van der Waals surface area contributed by atoms with Crippen LogP contribution < -0.4 is 0 Å². The van der Waals surface area contributed by atoms with Gasteiger partial charge in [0, 0.05) is 18.5 Å². The molecular formula is C17H18FN3OS. The maximum atomic E-state index is 13.1. The molecule has 2 aromatic heterocycles. The Morgan fingerprint density at radius 1 is 1.26 bits per heavy atom. The molecule has 3 rings (SSSR count). The van der Waals surface area contributed by atoms with Crippen LogP contribution in [0.15, 0.2) is 41.6 Å². The Balaban J connectivity index is 2.07. The first kappa shape index (κ1) is 15.8. The van der Waals surface area contributed by atoms with Gasteiger partial charge >= 0.3 is 0 Å². The minimum absolute atomic E-state index is 0.241. The van der Waals surface area contributed by atoms with Crippen LogP contribution in [0, 0.1) is 5.82 Å². The second-order valence-electron chi connectivity index (χ2n) is 5.47. The van der Waals surface area contributed by atoms with Gasteiger partial charge in [-0.15, -0.1) is 0 Å². The third-order valence-corrected chi connectivity index (χ3v) is 4.50. The van der Waals surface area contributed by atoms with Crippen LogP contribution in [0.4, 0.5) is 4.39 Å². The highest BCUT2D eigenvalue weighted by Crippen LogP contribution is 2.20. The number of hydrogen-bond acceptors (Lipinski definition) is 3. The molecule has 0 saturated carbocycles. The van der Waals surface area contributed by atoms with Gasteiger partial charge in [-0.1, -0.05) is 25.5 Å². The van der Waals surface area contributed by atoms with Gasteiger partial charge < -0.3 is 4.57 Å². The van der Waals surface area contributed by atoms with Crippen molar-refractivity contribution in [2.75, 3.05) is 6.26 Å². The Bertz CT molecular complexity index is 858. The molecule has 0 amide bonds. The van der Waals surface area contributed by atoms with Crippen LogP contribution in [0.25, 0.3) is 11.2 Å². The number of aromatic nitrogens is 3. The lowest BCUT2D eigenvalue weighted by Gasteiger charge is -2.10. The van der Waals surface area contributed by atoms with E-state index >= 15 is 0 Å². The molecule has 1 unspecified atom stereocenters. The summed E-state index contributed by atoms with van der Waals surface area (Å²) in [6.45, 7) is 2.73. The van der Waals surface area contributed by atoms with Crippen molar-refractivity contribution in [1.29, 1.82) is 0 Å². The van der Waals surface area contributed by atoms with E-state index in [0.29, 0.717) is 11.6 Å². The number of rotatable bonds is 5. The van der Waals surface area contributed by atoms with E-state index in [1.54, 1.807) is 24.6 Å². The van der Waals surface area contributed by atoms with Crippen LogP contribution >= 0.6 is 0 Å². The molecule has 0 N–H and O–H groups in total. The van der Waals surface area contributed by atoms with E-state index < -0.39 is 10.8 Å². The molecule has 0 bridgehead atoms. The number of hydrogen-bond donors (Lipinski definition) is 0. The number of nitrogens with zero attached hydrogens (tertiary/aromatic N) is 3. The molecule has 1 aromatic carbocycles. The van der Waals surface area contributed by atoms with E-state index in [0.717, 1.165) is 35.3 Å². The highest BCUT2D eigenvalue weighted by molar-refractivity contribution is 7.84. The summed E-state index contributed by atoms with van der Waals surface area (Å²) in [6, 6.07) is 8.49. The molecule has 0 aliphatic rings. The van der Waals surface area contributed by atoms with Crippen molar-refractivity contribution in [2.24, 2.45) is 0 Å². The molecule has 3 aromatic rings. The van der Waals surface area contributed by atoms with Gasteiger partial charge in [0.1, 0.15) is 16.4 Å². The highest BCUT2D eigenvalue weighted by atomic mass is 32.2. The van der Waals surface area contributed by atoms with E-state index in [-0.39, 0.29) is 5.82 Å². The van der Waals surface area contributed by atoms with Crippen molar-refractivity contribution < 1.29 is 8.60 Å². The average molecular weight is 331 g/mol. The molecule has 0 spiro atoms. The molecule has 6 heteroatoms. The summed E-state index contributed by atoms with van der Waals surface area (Å²) in [5, 5.41) is 0.486. The second kappa shape index (κ2) is 6.58. The average Bonchev–Trinajstić information content (AvgIpc) is 2.87. The van der Waals surface area contributed by atoms with Gasteiger partial charge in [-0.2, -0.15) is 0 Å². The summed E-state index contributed by atoms with van der Waals surface area (Å²) in [5.74, 6) is -0.241. The third-order valence-electron chi connectivity index (χ3n) is 3.72. The molecule has 0 fully saturated rings. The Labute approximate surface area is 136 Å². The zero-order chi connectivity index (χ0) is 16.4. The van der Waals surface area contributed by atoms with Gasteiger partial charge in [0.15, 0.2) is 5.65 Å². The van der Waals surface area contributed by atoms with Crippen molar-refractivity contribution in [3.05, 3.63) is 53.6 Å². The lowest BCUT2D eigenvalue weighted by atomic mass is 10.2. The summed E-state index contributed by atoms with van der Waals surface area (Å²) >= 11 is 0. The Hall–Kier alpha value is -2.08. The minimum Gasteiger partial charge on any atom is -0.324 e. The predicted octanol–water partition coefficient (Wildman–Crippen LogP) is 3.31. The molecule has 0 aliphatic carbocycles. The number of fused-ring (bicyclic) bond motifs is 1. The predicted molar refractivity (Wildman–Crippen MR) is 89.4 cm³/mol. The van der Waals surface area contributed by atoms with E-state index in [9.17, 15) is 8.60 Å². The van der Waals surface area contributed by atoms with Gasteiger partial charge in [-0.05, 0) is 30.2 Å². The van der Waals surface area contributed by atoms with Crippen molar-refractivity contribution in [1.82, 2.24) is 14.5 Å². The van der Waals surface area contributed by atoms with E-state index in [1.165, 1.54) is 12.1 Å². The molecule has 23 heavy (non-hydrogen) atoms. The summed E-state index contributed by atoms with van der Waals surface area (Å²) in [5.41, 5.74) is 3.66. The molecule has 4 nitrogen and oxygen atoms in total. The van der Waals surface area contributed by atoms with Crippen LogP contribution in [0.2, 0.25) is 0 Å². The van der Waals surface area contributed by atoms with Crippen molar-refractivity contribution in [2.45, 2.75) is 31.3 Å². The van der Waals surface area contributed by atoms with E-state index in [4.69, 9.17) is 0 Å². The normalized spacial score (nSPS) is 12.7. The number of benzene rings is 1. The Morgan fingerprint density at radius 2 is 2.00 bits per heavy atom. The van der Waals surface area contributed by atoms with Crippen LogP contribution in [-0.4, -0.2) is 25.0 Å². The summed E-state index contributed by atoms with van der Waals surface area (Å²) in [4.78, 5) is 8.90. The van der Waals surface area contributed by atoms with E-state index in [1.807, 2.05) is 6.07 Å². The molecule has 0 saturated heterocycles. The summed E-state index contributed by atoms with van der Waals surface area (Å²) in [7, 11) is -1.15. The smallest absolute Gasteiger partial charge is 0.159 e. The molecule has 0 aliphatic heterocycles. The highest BCUT2D eigenvalue weighted by Gasteiger charge is 2.13. The molecular weight excluding hydrogens is 313 g/mol. The van der Waals surface area contributed by atoms with Gasteiger partial charge in [-0.25, -0.2) is 14.4 Å². The van der Waals surface area contributed by atoms with Crippen molar-refractivity contribution in [3.8, 4) is 0 Å². The SMILES string of the molecule is CCCc1cc2nc(S(C)=O)cnc2n1Cc1ccc(F)cc1. The van der Waals surface area contributed by atoms with Crippen LogP contribution in [0.5, 0.6) is 0 Å². The first-order valence-electron chi connectivity index (χ1n) is 7.51. The maximum absolute atomic E-state index is 13.1. The van der Waals surface area contributed by atoms with Gasteiger partial charge in [-0.3, -0.25) is 4.21 Å². The fourth-order valence-corrected chi connectivity index (χ4v) is 3.04. The van der Waals surface area contributed by atoms with Gasteiger partial charge in [0.25, 0.3) is 0 Å². The number of halogens is 1. The van der Waals surface area contributed by atoms with Gasteiger partial charge in [0.05, 0.1) is 17.0 Å². The standard InChI is InChI=1S/C17H18FN3OS/c1-3-4-14-9-15-17(19-10-16(20-15)23(2)22)21(14)11-12-5-7-13(18)8-6-12/h5-10H,3-4,11H2,1-2H3. The summed E-state index contributed by atoms with van der Waals surface area (Å²) in [6.07, 6.45) is 5.07. The monoisotopic (exact) mass is 331 g/mol. The van der Waals surface area contributed by atoms with Crippen molar-refractivity contribution >= 4 is 22.0 Å². The van der Waals surface area contributed by atoms with Gasteiger partial charge in [0.2, 0.25) is 0 Å². The van der Waals surface area contributed by atoms with Crippen molar-refractivity contribution in [3.63, 3.8) is 0 Å². The molecule has 120 valence electrons. The first-order valence-corrected chi connectivity index (χ1v) is 9.07. The Morgan fingerprint density at radius 3 is 2.65 bits per heavy atom. The quantitative estimate of drug-likeness (QED) is 0.721. The summed E-state index contributed by atoms with van der Waals surface area (Å²) < 4.78 is 26.8. The lowest BCUT2D eigenvalue weighted by molar-refractivity contribution is 0.626. The molecule has 0 radical (unpaired) electrons. The number of aryl methyl sites for hydroxylation is 1. The largest absolute Gasteiger partial charge is 0.324 e. The maximum Gasteiger partial charge on any atom is 0.159 e. The molecule has 2 heterocycles. The second-order valence-corrected chi connectivity index (χ2v) is 6.80. The Kier molecular flexibility index (Phi) is 4.52. The fraction of sp³-hybridized carbons (Fsp3) is 0.294. The minimum atomic E-state index is -1.15. The zero-order valence-corrected chi connectivity index (χ0v) is 13.9. The van der Waals surface area contributed by atoms with E-state index in [2.05, 4.69) is 21.5 Å². The van der Waals surface area contributed by atoms with Crippen LogP contribution in [-0.2, 0) is 23.8 Å².